The van der Waals surface area contributed by atoms with Gasteiger partial charge in [-0.2, -0.15) is 0 Å². The van der Waals surface area contributed by atoms with E-state index in [1.54, 1.807) is 11.8 Å². The number of hydrogen-bond acceptors (Lipinski definition) is 4. The molecule has 4 nitrogen and oxygen atoms in total. The highest BCUT2D eigenvalue weighted by molar-refractivity contribution is 7.99. The van der Waals surface area contributed by atoms with Crippen LogP contribution in [0.5, 0.6) is 0 Å². The van der Waals surface area contributed by atoms with Gasteiger partial charge in [-0.3, -0.25) is 0 Å². The first kappa shape index (κ1) is 10.6. The molecule has 16 heavy (non-hydrogen) atoms. The Morgan fingerprint density at radius 3 is 2.69 bits per heavy atom. The average molecular weight is 239 g/mol. The van der Waals surface area contributed by atoms with E-state index in [0.29, 0.717) is 12.0 Å². The van der Waals surface area contributed by atoms with Gasteiger partial charge in [0.2, 0.25) is 0 Å². The van der Waals surface area contributed by atoms with Crippen molar-refractivity contribution in [2.75, 3.05) is 12.4 Å². The molecule has 0 aliphatic heterocycles. The number of thioether (sulfide) groups is 1. The molecule has 1 N–H and O–H groups in total. The number of hydrogen-bond donors (Lipinski definition) is 1. The summed E-state index contributed by atoms with van der Waals surface area (Å²) in [5.74, 6) is 2.83. The largest absolute Gasteiger partial charge is 0.396 e. The summed E-state index contributed by atoms with van der Waals surface area (Å²) in [6.45, 7) is 0.264. The van der Waals surface area contributed by atoms with Crippen LogP contribution in [0.4, 0.5) is 0 Å². The third kappa shape index (κ3) is 2.11. The van der Waals surface area contributed by atoms with E-state index in [4.69, 9.17) is 5.11 Å². The summed E-state index contributed by atoms with van der Waals surface area (Å²) in [4.78, 5) is 0. The quantitative estimate of drug-likeness (QED) is 0.609. The summed E-state index contributed by atoms with van der Waals surface area (Å²) in [6.07, 6.45) is 5.97. The molecule has 0 amide bonds. The Balaban J connectivity index is 1.75. The van der Waals surface area contributed by atoms with Crippen LogP contribution in [0.3, 0.4) is 0 Å². The second-order valence-corrected chi connectivity index (χ2v) is 5.70. The SMILES string of the molecule is OCCCSc1nnc(C2CC2)n1C1CC1. The second-order valence-electron chi connectivity index (χ2n) is 4.64. The molecular weight excluding hydrogens is 222 g/mol. The van der Waals surface area contributed by atoms with Crippen LogP contribution in [0, 0.1) is 0 Å². The zero-order valence-corrected chi connectivity index (χ0v) is 10.1. The van der Waals surface area contributed by atoms with Crippen LogP contribution in [-0.2, 0) is 0 Å². The van der Waals surface area contributed by atoms with E-state index in [1.165, 1.54) is 31.5 Å². The molecule has 0 saturated heterocycles. The standard InChI is InChI=1S/C11H17N3OS/c15-6-1-7-16-11-13-12-10(8-2-3-8)14(11)9-4-5-9/h8-9,15H,1-7H2. The molecule has 3 rings (SSSR count). The Kier molecular flexibility index (Phi) is 2.90. The maximum absolute atomic E-state index is 8.78. The number of aliphatic hydroxyl groups excluding tert-OH is 1. The molecule has 0 bridgehead atoms. The van der Waals surface area contributed by atoms with E-state index in [0.717, 1.165) is 17.3 Å². The molecule has 0 aromatic carbocycles. The van der Waals surface area contributed by atoms with Crippen molar-refractivity contribution in [2.45, 2.75) is 49.2 Å². The lowest BCUT2D eigenvalue weighted by Crippen LogP contribution is -2.02. The first-order valence-corrected chi connectivity index (χ1v) is 7.07. The highest BCUT2D eigenvalue weighted by atomic mass is 32.2. The van der Waals surface area contributed by atoms with Crippen molar-refractivity contribution in [3.8, 4) is 0 Å². The van der Waals surface area contributed by atoms with Crippen LogP contribution in [0.15, 0.2) is 5.16 Å². The van der Waals surface area contributed by atoms with E-state index in [1.807, 2.05) is 0 Å². The zero-order chi connectivity index (χ0) is 11.0. The third-order valence-electron chi connectivity index (χ3n) is 3.08. The van der Waals surface area contributed by atoms with Gasteiger partial charge in [0.05, 0.1) is 0 Å². The topological polar surface area (TPSA) is 50.9 Å². The second kappa shape index (κ2) is 4.37. The molecule has 2 saturated carbocycles. The molecule has 0 radical (unpaired) electrons. The van der Waals surface area contributed by atoms with Gasteiger partial charge >= 0.3 is 0 Å². The number of aromatic nitrogens is 3. The van der Waals surface area contributed by atoms with Crippen molar-refractivity contribution in [2.24, 2.45) is 0 Å². The summed E-state index contributed by atoms with van der Waals surface area (Å²) in [5.41, 5.74) is 0. The van der Waals surface area contributed by atoms with Crippen molar-refractivity contribution < 1.29 is 5.11 Å². The van der Waals surface area contributed by atoms with E-state index in [9.17, 15) is 0 Å². The van der Waals surface area contributed by atoms with Crippen molar-refractivity contribution >= 4 is 11.8 Å². The van der Waals surface area contributed by atoms with Gasteiger partial charge in [0.1, 0.15) is 5.82 Å². The maximum atomic E-state index is 8.78. The van der Waals surface area contributed by atoms with Gasteiger partial charge in [-0.25, -0.2) is 0 Å². The monoisotopic (exact) mass is 239 g/mol. The number of aliphatic hydroxyl groups is 1. The van der Waals surface area contributed by atoms with Gasteiger partial charge in [-0.15, -0.1) is 10.2 Å². The fourth-order valence-electron chi connectivity index (χ4n) is 1.91. The smallest absolute Gasteiger partial charge is 0.191 e. The molecule has 2 aliphatic rings. The van der Waals surface area contributed by atoms with Gasteiger partial charge in [0.15, 0.2) is 5.16 Å². The average Bonchev–Trinajstić information content (AvgIpc) is 3.19. The highest BCUT2D eigenvalue weighted by Crippen LogP contribution is 2.45. The number of rotatable bonds is 6. The maximum Gasteiger partial charge on any atom is 0.191 e. The Morgan fingerprint density at radius 1 is 1.25 bits per heavy atom. The fourth-order valence-corrected chi connectivity index (χ4v) is 2.85. The van der Waals surface area contributed by atoms with Crippen LogP contribution in [0.1, 0.15) is 49.9 Å². The normalized spacial score (nSPS) is 20.3. The van der Waals surface area contributed by atoms with Crippen LogP contribution >= 0.6 is 11.8 Å². The minimum absolute atomic E-state index is 0.264. The Hall–Kier alpha value is -0.550. The zero-order valence-electron chi connectivity index (χ0n) is 9.30. The molecule has 2 aliphatic carbocycles. The molecule has 1 heterocycles. The van der Waals surface area contributed by atoms with Gasteiger partial charge in [0.25, 0.3) is 0 Å². The molecular formula is C11H17N3OS. The predicted octanol–water partition coefficient (Wildman–Crippen LogP) is 1.96. The Bertz CT molecular complexity index is 371. The van der Waals surface area contributed by atoms with Crippen molar-refractivity contribution in [1.29, 1.82) is 0 Å². The predicted molar refractivity (Wildman–Crippen MR) is 62.7 cm³/mol. The Labute approximate surface area is 99.4 Å². The number of nitrogens with zero attached hydrogens (tertiary/aromatic N) is 3. The lowest BCUT2D eigenvalue weighted by molar-refractivity contribution is 0.296. The molecule has 0 unspecified atom stereocenters. The molecule has 2 fully saturated rings. The molecule has 88 valence electrons. The summed E-state index contributed by atoms with van der Waals surface area (Å²) in [5, 5.41) is 18.5. The summed E-state index contributed by atoms with van der Waals surface area (Å²) in [6, 6.07) is 0.669. The Morgan fingerprint density at radius 2 is 2.06 bits per heavy atom. The minimum atomic E-state index is 0.264. The van der Waals surface area contributed by atoms with Crippen molar-refractivity contribution in [3.63, 3.8) is 0 Å². The third-order valence-corrected chi connectivity index (χ3v) is 4.11. The first-order chi connectivity index (χ1) is 7.90. The van der Waals surface area contributed by atoms with E-state index < -0.39 is 0 Å². The summed E-state index contributed by atoms with van der Waals surface area (Å²) in [7, 11) is 0. The summed E-state index contributed by atoms with van der Waals surface area (Å²) >= 11 is 1.74. The molecule has 0 spiro atoms. The lowest BCUT2D eigenvalue weighted by atomic mass is 10.4. The van der Waals surface area contributed by atoms with Gasteiger partial charge < -0.3 is 9.67 Å². The molecule has 0 atom stereocenters. The van der Waals surface area contributed by atoms with Crippen LogP contribution in [0.2, 0.25) is 0 Å². The van der Waals surface area contributed by atoms with Crippen molar-refractivity contribution in [1.82, 2.24) is 14.8 Å². The van der Waals surface area contributed by atoms with Crippen molar-refractivity contribution in [3.05, 3.63) is 5.82 Å². The van der Waals surface area contributed by atoms with Crippen LogP contribution in [0.25, 0.3) is 0 Å². The fraction of sp³-hybridized carbons (Fsp3) is 0.818. The van der Waals surface area contributed by atoms with Crippen LogP contribution < -0.4 is 0 Å². The van der Waals surface area contributed by atoms with Gasteiger partial charge in [-0.05, 0) is 32.1 Å². The van der Waals surface area contributed by atoms with Gasteiger partial charge in [0, 0.05) is 24.3 Å². The van der Waals surface area contributed by atoms with E-state index in [2.05, 4.69) is 14.8 Å². The lowest BCUT2D eigenvalue weighted by Gasteiger charge is -2.07. The summed E-state index contributed by atoms with van der Waals surface area (Å²) < 4.78 is 2.36. The van der Waals surface area contributed by atoms with E-state index >= 15 is 0 Å². The molecule has 5 heteroatoms. The molecule has 1 aromatic heterocycles. The first-order valence-electron chi connectivity index (χ1n) is 6.08. The van der Waals surface area contributed by atoms with E-state index in [-0.39, 0.29) is 6.61 Å². The highest BCUT2D eigenvalue weighted by Gasteiger charge is 2.36. The van der Waals surface area contributed by atoms with Crippen LogP contribution in [-0.4, -0.2) is 32.2 Å². The minimum Gasteiger partial charge on any atom is -0.396 e. The van der Waals surface area contributed by atoms with Gasteiger partial charge in [-0.1, -0.05) is 11.8 Å². The molecule has 1 aromatic rings.